The Morgan fingerprint density at radius 1 is 0.486 bits per heavy atom. The molecule has 0 unspecified atom stereocenters. The summed E-state index contributed by atoms with van der Waals surface area (Å²) < 4.78 is 0. The van der Waals surface area contributed by atoms with Gasteiger partial charge in [0.25, 0.3) is 0 Å². The number of pyridine rings is 1. The summed E-state index contributed by atoms with van der Waals surface area (Å²) in [5.41, 5.74) is 5.86. The molecule has 4 aromatic carbocycles. The quantitative estimate of drug-likeness (QED) is 0.193. The van der Waals surface area contributed by atoms with E-state index in [4.69, 9.17) is 0 Å². The Morgan fingerprint density at radius 3 is 1.30 bits per heavy atom. The fourth-order valence-corrected chi connectivity index (χ4v) is 2.95. The first-order chi connectivity index (χ1) is 17.6. The van der Waals surface area contributed by atoms with Gasteiger partial charge in [0.2, 0.25) is 0 Å². The van der Waals surface area contributed by atoms with Crippen LogP contribution in [0.3, 0.4) is 0 Å². The topological polar surface area (TPSA) is 39.9 Å². The number of benzene rings is 4. The van der Waals surface area contributed by atoms with E-state index in [-0.39, 0.29) is 26.2 Å². The molecule has 6 rings (SSSR count). The molecule has 181 valence electrons. The van der Waals surface area contributed by atoms with Crippen molar-refractivity contribution in [3.63, 3.8) is 0 Å². The van der Waals surface area contributed by atoms with Crippen LogP contribution in [-0.4, -0.2) is 9.97 Å². The fraction of sp³-hybridized carbons (Fsp3) is 0. The van der Waals surface area contributed by atoms with E-state index in [0.717, 1.165) is 33.4 Å². The third-order valence-corrected chi connectivity index (χ3v) is 4.76. The van der Waals surface area contributed by atoms with Gasteiger partial charge in [-0.1, -0.05) is 48.5 Å². The van der Waals surface area contributed by atoms with Crippen molar-refractivity contribution in [2.45, 2.75) is 0 Å². The van der Waals surface area contributed by atoms with Gasteiger partial charge in [-0.2, -0.15) is 73.9 Å². The van der Waals surface area contributed by atoms with Crippen molar-refractivity contribution in [3.05, 3.63) is 177 Å². The van der Waals surface area contributed by atoms with Crippen LogP contribution >= 0.6 is 0 Å². The van der Waals surface area contributed by atoms with Gasteiger partial charge in [0.15, 0.2) is 0 Å². The van der Waals surface area contributed by atoms with Crippen LogP contribution in [0.4, 0.5) is 0 Å². The SMILES string of the molecule is [CH2-]c1ccccc1.[CH2-]c1ccccc1.[CH2-]c1ccccc1.[Zr+3].c1ccc(-c2nc3ccccc3[n-]2)nc1. The molecule has 0 aliphatic heterocycles. The van der Waals surface area contributed by atoms with Gasteiger partial charge >= 0.3 is 26.2 Å². The zero-order chi connectivity index (χ0) is 25.4. The molecule has 0 spiro atoms. The second-order valence-corrected chi connectivity index (χ2v) is 7.71. The summed E-state index contributed by atoms with van der Waals surface area (Å²) >= 11 is 0. The second kappa shape index (κ2) is 16.6. The van der Waals surface area contributed by atoms with E-state index in [1.54, 1.807) is 6.20 Å². The van der Waals surface area contributed by atoms with E-state index in [1.807, 2.05) is 133 Å². The zero-order valence-corrected chi connectivity index (χ0v) is 23.2. The molecule has 0 saturated heterocycles. The summed E-state index contributed by atoms with van der Waals surface area (Å²) in [4.78, 5) is 13.0. The maximum atomic E-state index is 4.41. The van der Waals surface area contributed by atoms with E-state index in [1.165, 1.54) is 0 Å². The average molecular weight is 559 g/mol. The molecule has 2 aromatic heterocycles. The van der Waals surface area contributed by atoms with E-state index >= 15 is 0 Å². The largest absolute Gasteiger partial charge is 3.00 e. The van der Waals surface area contributed by atoms with E-state index in [2.05, 4.69) is 35.7 Å². The first-order valence-electron chi connectivity index (χ1n) is 11.5. The number of hydrogen-bond donors (Lipinski definition) is 0. The smallest absolute Gasteiger partial charge is 0.434 e. The standard InChI is InChI=1S/C12H8N3.3C7H7.Zr/c1-2-6-10-9(5-1)14-12(15-10)11-7-3-4-8-13-11;3*1-7-5-3-2-4-6-7;/h1-8H;3*2-6H,1H2;/q4*-1;+3. The van der Waals surface area contributed by atoms with Crippen LogP contribution in [0.2, 0.25) is 0 Å². The van der Waals surface area contributed by atoms with E-state index in [9.17, 15) is 0 Å². The van der Waals surface area contributed by atoms with Crippen molar-refractivity contribution in [1.29, 1.82) is 0 Å². The predicted molar refractivity (Wildman–Crippen MR) is 151 cm³/mol. The van der Waals surface area contributed by atoms with Crippen molar-refractivity contribution < 1.29 is 26.2 Å². The van der Waals surface area contributed by atoms with Crippen LogP contribution < -0.4 is 4.98 Å². The van der Waals surface area contributed by atoms with Crippen LogP contribution in [0.15, 0.2) is 140 Å². The number of fused-ring (bicyclic) bond motifs is 1. The Hall–Kier alpha value is -4.01. The summed E-state index contributed by atoms with van der Waals surface area (Å²) in [6.45, 7) is 11.2. The van der Waals surface area contributed by atoms with E-state index < -0.39 is 0 Å². The minimum absolute atomic E-state index is 0. The Morgan fingerprint density at radius 2 is 0.919 bits per heavy atom. The van der Waals surface area contributed by atoms with Crippen molar-refractivity contribution in [2.75, 3.05) is 0 Å². The molecule has 4 heteroatoms. The van der Waals surface area contributed by atoms with Gasteiger partial charge < -0.3 is 9.97 Å². The van der Waals surface area contributed by atoms with Crippen LogP contribution in [-0.2, 0) is 26.2 Å². The van der Waals surface area contributed by atoms with Crippen LogP contribution in [0.1, 0.15) is 16.7 Å². The Balaban J connectivity index is 0.000000187. The summed E-state index contributed by atoms with van der Waals surface area (Å²) in [6, 6.07) is 43.2. The number of hydrogen-bond acceptors (Lipinski definition) is 2. The molecular weight excluding hydrogens is 530 g/mol. The van der Waals surface area contributed by atoms with Gasteiger partial charge in [0.05, 0.1) is 5.69 Å². The molecule has 3 nitrogen and oxygen atoms in total. The molecule has 0 amide bonds. The van der Waals surface area contributed by atoms with Crippen molar-refractivity contribution >= 4 is 11.0 Å². The Bertz CT molecular complexity index is 1260. The minimum atomic E-state index is 0. The number of imidazole rings is 1. The van der Waals surface area contributed by atoms with E-state index in [0.29, 0.717) is 5.82 Å². The Kier molecular flexibility index (Phi) is 13.1. The maximum absolute atomic E-state index is 4.41. The van der Waals surface area contributed by atoms with Gasteiger partial charge in [0, 0.05) is 6.20 Å². The van der Waals surface area contributed by atoms with Crippen molar-refractivity contribution in [2.24, 2.45) is 0 Å². The summed E-state index contributed by atoms with van der Waals surface area (Å²) in [7, 11) is 0. The first kappa shape index (κ1) is 29.2. The molecule has 37 heavy (non-hydrogen) atoms. The molecule has 0 fully saturated rings. The molecule has 0 N–H and O–H groups in total. The van der Waals surface area contributed by atoms with Gasteiger partial charge in [0.1, 0.15) is 0 Å². The van der Waals surface area contributed by atoms with Gasteiger partial charge in [-0.05, 0) is 29.0 Å². The summed E-state index contributed by atoms with van der Waals surface area (Å²) in [5, 5.41) is 0. The molecule has 0 aliphatic carbocycles. The minimum Gasteiger partial charge on any atom is -0.434 e. The van der Waals surface area contributed by atoms with Crippen molar-refractivity contribution in [3.8, 4) is 11.5 Å². The third-order valence-electron chi connectivity index (χ3n) is 4.76. The fourth-order valence-electron chi connectivity index (χ4n) is 2.95. The summed E-state index contributed by atoms with van der Waals surface area (Å²) in [6.07, 6.45) is 1.75. The zero-order valence-electron chi connectivity index (χ0n) is 20.7. The molecule has 6 aromatic rings. The molecule has 1 radical (unpaired) electrons. The third kappa shape index (κ3) is 11.1. The second-order valence-electron chi connectivity index (χ2n) is 7.71. The maximum Gasteiger partial charge on any atom is 3.00 e. The molecule has 0 atom stereocenters. The molecule has 0 saturated carbocycles. The normalized spacial score (nSPS) is 9.19. The van der Waals surface area contributed by atoms with Crippen LogP contribution in [0.5, 0.6) is 0 Å². The summed E-state index contributed by atoms with van der Waals surface area (Å²) in [5.74, 6) is 0.691. The monoisotopic (exact) mass is 557 g/mol. The molecule has 2 heterocycles. The van der Waals surface area contributed by atoms with Crippen molar-refractivity contribution in [1.82, 2.24) is 15.0 Å². The predicted octanol–water partition coefficient (Wildman–Crippen LogP) is 7.86. The van der Waals surface area contributed by atoms with Crippen LogP contribution in [0, 0.1) is 20.8 Å². The molecule has 0 bridgehead atoms. The average Bonchev–Trinajstić information content (AvgIpc) is 3.36. The number of aromatic nitrogens is 3. The van der Waals surface area contributed by atoms with Gasteiger partial charge in [-0.25, -0.2) is 0 Å². The van der Waals surface area contributed by atoms with Gasteiger partial charge in [-0.3, -0.25) is 4.98 Å². The Labute approximate surface area is 239 Å². The molecule has 0 aliphatic rings. The van der Waals surface area contributed by atoms with Crippen LogP contribution in [0.25, 0.3) is 22.6 Å². The number of rotatable bonds is 1. The first-order valence-corrected chi connectivity index (χ1v) is 11.5. The number of nitrogens with zero attached hydrogens (tertiary/aromatic N) is 3. The molecular formula is C33H29N3Zr-. The van der Waals surface area contributed by atoms with Gasteiger partial charge in [-0.15, -0.1) is 36.4 Å². The number of para-hydroxylation sites is 2.